The normalized spacial score (nSPS) is 11.9. The number of hydrogen-bond donors (Lipinski definition) is 1. The number of rotatable bonds is 5. The van der Waals surface area contributed by atoms with Crippen molar-refractivity contribution in [3.63, 3.8) is 0 Å². The monoisotopic (exact) mass is 319 g/mol. The Morgan fingerprint density at radius 2 is 1.79 bits per heavy atom. The van der Waals surface area contributed by atoms with E-state index in [1.807, 2.05) is 48.5 Å². The Balaban J connectivity index is 1.77. The van der Waals surface area contributed by atoms with Crippen LogP contribution in [0.15, 0.2) is 71.3 Å². The second-order valence-corrected chi connectivity index (χ2v) is 6.02. The molecule has 0 saturated heterocycles. The van der Waals surface area contributed by atoms with Crippen LogP contribution in [0.3, 0.4) is 0 Å². The molecule has 0 unspecified atom stereocenters. The summed E-state index contributed by atoms with van der Waals surface area (Å²) < 4.78 is 5.52. The maximum Gasteiger partial charge on any atom is 0.225 e. The van der Waals surface area contributed by atoms with Gasteiger partial charge in [0, 0.05) is 0 Å². The van der Waals surface area contributed by atoms with Gasteiger partial charge in [0.05, 0.1) is 12.7 Å². The molecule has 3 rings (SSSR count). The lowest BCUT2D eigenvalue weighted by atomic mass is 10.0. The fourth-order valence-electron chi connectivity index (χ4n) is 2.73. The van der Waals surface area contributed by atoms with Crippen LogP contribution in [-0.2, 0) is 11.2 Å². The van der Waals surface area contributed by atoms with Gasteiger partial charge in [-0.3, -0.25) is 4.79 Å². The third-order valence-corrected chi connectivity index (χ3v) is 4.20. The number of carbonyl (C=O) groups excluding carboxylic acids is 1. The number of benzene rings is 2. The molecule has 0 bridgehead atoms. The highest BCUT2D eigenvalue weighted by Gasteiger charge is 2.19. The molecule has 1 N–H and O–H groups in total. The first-order valence-electron chi connectivity index (χ1n) is 8.07. The lowest BCUT2D eigenvalue weighted by molar-refractivity contribution is -0.121. The summed E-state index contributed by atoms with van der Waals surface area (Å²) in [6, 6.07) is 19.4. The largest absolute Gasteiger partial charge is 0.467 e. The standard InChI is InChI=1S/C21H21NO2/c1-15-10-11-17(13-16(15)2)14-20(23)22-21(19-9-6-12-24-19)18-7-4-3-5-8-18/h3-13,21H,14H2,1-2H3,(H,22,23)/t21-/m0/s1. The molecule has 1 aromatic heterocycles. The van der Waals surface area contributed by atoms with Crippen LogP contribution in [-0.4, -0.2) is 5.91 Å². The van der Waals surface area contributed by atoms with E-state index in [1.54, 1.807) is 6.26 Å². The van der Waals surface area contributed by atoms with Gasteiger partial charge in [-0.05, 0) is 48.2 Å². The maximum absolute atomic E-state index is 12.5. The Labute approximate surface area is 142 Å². The summed E-state index contributed by atoms with van der Waals surface area (Å²) in [6.45, 7) is 4.13. The Hall–Kier alpha value is -2.81. The first kappa shape index (κ1) is 16.1. The van der Waals surface area contributed by atoms with Gasteiger partial charge in [0.2, 0.25) is 5.91 Å². The van der Waals surface area contributed by atoms with Crippen LogP contribution < -0.4 is 5.32 Å². The van der Waals surface area contributed by atoms with E-state index in [-0.39, 0.29) is 11.9 Å². The SMILES string of the molecule is Cc1ccc(CC(=O)N[C@@H](c2ccccc2)c2ccco2)cc1C. The molecule has 0 aliphatic carbocycles. The predicted octanol–water partition coefficient (Wildman–Crippen LogP) is 4.34. The van der Waals surface area contributed by atoms with Gasteiger partial charge in [0.15, 0.2) is 0 Å². The Morgan fingerprint density at radius 1 is 1.00 bits per heavy atom. The van der Waals surface area contributed by atoms with Gasteiger partial charge < -0.3 is 9.73 Å². The summed E-state index contributed by atoms with van der Waals surface area (Å²) in [5, 5.41) is 3.09. The molecule has 0 aliphatic heterocycles. The van der Waals surface area contributed by atoms with Crippen molar-refractivity contribution < 1.29 is 9.21 Å². The second-order valence-electron chi connectivity index (χ2n) is 6.02. The van der Waals surface area contributed by atoms with Crippen molar-refractivity contribution >= 4 is 5.91 Å². The molecule has 0 spiro atoms. The van der Waals surface area contributed by atoms with E-state index >= 15 is 0 Å². The molecule has 1 heterocycles. The lowest BCUT2D eigenvalue weighted by Gasteiger charge is -2.17. The molecule has 3 nitrogen and oxygen atoms in total. The number of furan rings is 1. The first-order valence-corrected chi connectivity index (χ1v) is 8.07. The minimum atomic E-state index is -0.278. The summed E-state index contributed by atoms with van der Waals surface area (Å²) >= 11 is 0. The average Bonchev–Trinajstić information content (AvgIpc) is 3.11. The Kier molecular flexibility index (Phi) is 4.80. The van der Waals surface area contributed by atoms with Gasteiger partial charge in [-0.1, -0.05) is 48.5 Å². The molecule has 1 amide bonds. The van der Waals surface area contributed by atoms with Crippen LogP contribution in [0.1, 0.15) is 34.1 Å². The summed E-state index contributed by atoms with van der Waals surface area (Å²) in [4.78, 5) is 12.5. The van der Waals surface area contributed by atoms with E-state index in [9.17, 15) is 4.79 Å². The van der Waals surface area contributed by atoms with Gasteiger partial charge in [-0.15, -0.1) is 0 Å². The van der Waals surface area contributed by atoms with Crippen LogP contribution in [0, 0.1) is 13.8 Å². The quantitative estimate of drug-likeness (QED) is 0.760. The van der Waals surface area contributed by atoms with E-state index < -0.39 is 0 Å². The molecule has 0 radical (unpaired) electrons. The zero-order chi connectivity index (χ0) is 16.9. The second kappa shape index (κ2) is 7.18. The number of carbonyl (C=O) groups is 1. The van der Waals surface area contributed by atoms with Crippen molar-refractivity contribution in [3.05, 3.63) is 94.9 Å². The van der Waals surface area contributed by atoms with Crippen molar-refractivity contribution in [3.8, 4) is 0 Å². The molecule has 24 heavy (non-hydrogen) atoms. The number of hydrogen-bond acceptors (Lipinski definition) is 2. The summed E-state index contributed by atoms with van der Waals surface area (Å²) in [5.41, 5.74) is 4.45. The van der Waals surface area contributed by atoms with Gasteiger partial charge in [0.25, 0.3) is 0 Å². The van der Waals surface area contributed by atoms with E-state index in [4.69, 9.17) is 4.42 Å². The zero-order valence-electron chi connectivity index (χ0n) is 14.0. The number of nitrogens with one attached hydrogen (secondary N) is 1. The third-order valence-electron chi connectivity index (χ3n) is 4.20. The highest BCUT2D eigenvalue weighted by atomic mass is 16.3. The highest BCUT2D eigenvalue weighted by molar-refractivity contribution is 5.79. The molecular formula is C21H21NO2. The van der Waals surface area contributed by atoms with Crippen molar-refractivity contribution in [2.24, 2.45) is 0 Å². The molecule has 3 heteroatoms. The number of amides is 1. The molecule has 3 aromatic rings. The summed E-state index contributed by atoms with van der Waals surface area (Å²) in [7, 11) is 0. The summed E-state index contributed by atoms with van der Waals surface area (Å²) in [6.07, 6.45) is 1.98. The van der Waals surface area contributed by atoms with Crippen LogP contribution >= 0.6 is 0 Å². The Morgan fingerprint density at radius 3 is 2.46 bits per heavy atom. The van der Waals surface area contributed by atoms with Gasteiger partial charge in [-0.2, -0.15) is 0 Å². The first-order chi connectivity index (χ1) is 11.6. The van der Waals surface area contributed by atoms with E-state index in [2.05, 4.69) is 31.3 Å². The Bertz CT molecular complexity index is 807. The molecule has 122 valence electrons. The van der Waals surface area contributed by atoms with Crippen LogP contribution in [0.2, 0.25) is 0 Å². The smallest absolute Gasteiger partial charge is 0.225 e. The van der Waals surface area contributed by atoms with Crippen molar-refractivity contribution in [2.45, 2.75) is 26.3 Å². The van der Waals surface area contributed by atoms with Crippen LogP contribution in [0.4, 0.5) is 0 Å². The average molecular weight is 319 g/mol. The van der Waals surface area contributed by atoms with E-state index in [0.717, 1.165) is 16.9 Å². The van der Waals surface area contributed by atoms with E-state index in [1.165, 1.54) is 11.1 Å². The fraction of sp³-hybridized carbons (Fsp3) is 0.190. The van der Waals surface area contributed by atoms with Crippen molar-refractivity contribution in [1.29, 1.82) is 0 Å². The topological polar surface area (TPSA) is 42.2 Å². The highest BCUT2D eigenvalue weighted by Crippen LogP contribution is 2.22. The predicted molar refractivity (Wildman–Crippen MR) is 94.8 cm³/mol. The molecule has 0 saturated carbocycles. The van der Waals surface area contributed by atoms with Crippen molar-refractivity contribution in [1.82, 2.24) is 5.32 Å². The van der Waals surface area contributed by atoms with E-state index in [0.29, 0.717) is 6.42 Å². The van der Waals surface area contributed by atoms with Gasteiger partial charge in [0.1, 0.15) is 11.8 Å². The molecule has 2 aromatic carbocycles. The molecule has 0 aliphatic rings. The molecular weight excluding hydrogens is 298 g/mol. The number of aryl methyl sites for hydroxylation is 2. The molecule has 0 fully saturated rings. The van der Waals surface area contributed by atoms with Gasteiger partial charge >= 0.3 is 0 Å². The fourth-order valence-corrected chi connectivity index (χ4v) is 2.73. The third kappa shape index (κ3) is 3.74. The lowest BCUT2D eigenvalue weighted by Crippen LogP contribution is -2.30. The minimum absolute atomic E-state index is 0.0245. The summed E-state index contributed by atoms with van der Waals surface area (Å²) in [5.74, 6) is 0.707. The molecule has 1 atom stereocenters. The van der Waals surface area contributed by atoms with Crippen LogP contribution in [0.25, 0.3) is 0 Å². The van der Waals surface area contributed by atoms with Crippen molar-refractivity contribution in [2.75, 3.05) is 0 Å². The maximum atomic E-state index is 12.5. The minimum Gasteiger partial charge on any atom is -0.467 e. The van der Waals surface area contributed by atoms with Crippen LogP contribution in [0.5, 0.6) is 0 Å². The zero-order valence-corrected chi connectivity index (χ0v) is 14.0. The van der Waals surface area contributed by atoms with Gasteiger partial charge in [-0.25, -0.2) is 0 Å².